The Bertz CT molecular complexity index is 616. The van der Waals surface area contributed by atoms with Crippen LogP contribution in [-0.4, -0.2) is 51.3 Å². The maximum Gasteiger partial charge on any atom is 0.321 e. The van der Waals surface area contributed by atoms with Gasteiger partial charge < -0.3 is 26.2 Å². The molecule has 2 unspecified atom stereocenters. The van der Waals surface area contributed by atoms with Crippen molar-refractivity contribution in [3.8, 4) is 0 Å². The zero-order valence-corrected chi connectivity index (χ0v) is 13.3. The van der Waals surface area contributed by atoms with E-state index in [0.717, 1.165) is 11.3 Å². The first-order valence-corrected chi connectivity index (χ1v) is 7.33. The fourth-order valence-corrected chi connectivity index (χ4v) is 1.88. The van der Waals surface area contributed by atoms with Gasteiger partial charge >= 0.3 is 11.9 Å². The van der Waals surface area contributed by atoms with Crippen LogP contribution < -0.4 is 11.1 Å². The molecule has 0 saturated carbocycles. The number of nitrogens with two attached hydrogens (primary N) is 1. The van der Waals surface area contributed by atoms with E-state index >= 15 is 0 Å². The van der Waals surface area contributed by atoms with Gasteiger partial charge in [-0.3, -0.25) is 9.59 Å². The number of carbonyl (C=O) groups is 2. The third-order valence-corrected chi connectivity index (χ3v) is 3.24. The molecule has 8 heteroatoms. The summed E-state index contributed by atoms with van der Waals surface area (Å²) >= 11 is 0. The molecule has 0 amide bonds. The lowest BCUT2D eigenvalue weighted by molar-refractivity contribution is -0.139. The summed E-state index contributed by atoms with van der Waals surface area (Å²) in [7, 11) is 1.62. The van der Waals surface area contributed by atoms with Crippen LogP contribution in [0.3, 0.4) is 0 Å². The van der Waals surface area contributed by atoms with Gasteiger partial charge in [0.25, 0.3) is 0 Å². The summed E-state index contributed by atoms with van der Waals surface area (Å²) in [6.45, 7) is 0. The third-order valence-electron chi connectivity index (χ3n) is 3.24. The number of benzene rings is 1. The number of hydrogen-bond donors (Lipinski definition) is 5. The van der Waals surface area contributed by atoms with Crippen molar-refractivity contribution in [1.29, 1.82) is 0 Å². The maximum atomic E-state index is 10.6. The molecule has 2 rings (SSSR count). The molecular formula is C16H22N4O4. The fourth-order valence-electron chi connectivity index (χ4n) is 1.88. The lowest BCUT2D eigenvalue weighted by Gasteiger charge is -2.08. The fraction of sp³-hybridized carbons (Fsp3) is 0.312. The van der Waals surface area contributed by atoms with E-state index in [0.29, 0.717) is 12.8 Å². The predicted molar refractivity (Wildman–Crippen MR) is 88.5 cm³/mol. The molecule has 1 aromatic heterocycles. The maximum absolute atomic E-state index is 10.6. The number of imidazole rings is 1. The van der Waals surface area contributed by atoms with E-state index in [-0.39, 0.29) is 0 Å². The van der Waals surface area contributed by atoms with Crippen LogP contribution in [0.5, 0.6) is 0 Å². The van der Waals surface area contributed by atoms with Crippen molar-refractivity contribution in [2.75, 3.05) is 7.05 Å². The number of hydrogen-bond acceptors (Lipinski definition) is 5. The predicted octanol–water partition coefficient (Wildman–Crippen LogP) is 0.266. The van der Waals surface area contributed by atoms with Crippen molar-refractivity contribution < 1.29 is 19.8 Å². The lowest BCUT2D eigenvalue weighted by atomic mass is 10.1. The molecule has 1 heterocycles. The highest BCUT2D eigenvalue weighted by molar-refractivity contribution is 5.74. The van der Waals surface area contributed by atoms with Crippen molar-refractivity contribution >= 4 is 11.9 Å². The van der Waals surface area contributed by atoms with Gasteiger partial charge in [-0.05, 0) is 19.0 Å². The van der Waals surface area contributed by atoms with Gasteiger partial charge in [0.05, 0.1) is 6.33 Å². The second-order valence-electron chi connectivity index (χ2n) is 5.09. The first-order chi connectivity index (χ1) is 11.4. The van der Waals surface area contributed by atoms with Gasteiger partial charge in [-0.25, -0.2) is 4.98 Å². The first-order valence-electron chi connectivity index (χ1n) is 7.33. The van der Waals surface area contributed by atoms with Crippen molar-refractivity contribution in [3.05, 3.63) is 54.1 Å². The molecule has 2 atom stereocenters. The van der Waals surface area contributed by atoms with E-state index in [1.807, 2.05) is 30.3 Å². The quantitative estimate of drug-likeness (QED) is 0.489. The lowest BCUT2D eigenvalue weighted by Crippen LogP contribution is -2.35. The molecule has 0 aliphatic heterocycles. The Morgan fingerprint density at radius 2 is 1.88 bits per heavy atom. The minimum atomic E-state index is -0.959. The minimum absolute atomic E-state index is 0.385. The summed E-state index contributed by atoms with van der Waals surface area (Å²) in [5.74, 6) is -1.81. The number of aromatic amines is 1. The number of H-pyrrole nitrogens is 1. The van der Waals surface area contributed by atoms with Crippen LogP contribution in [0.25, 0.3) is 0 Å². The minimum Gasteiger partial charge on any atom is -0.480 e. The van der Waals surface area contributed by atoms with Crippen LogP contribution in [0.2, 0.25) is 0 Å². The summed E-state index contributed by atoms with van der Waals surface area (Å²) in [6.07, 6.45) is 3.96. The van der Waals surface area contributed by atoms with Crippen molar-refractivity contribution in [1.82, 2.24) is 15.3 Å². The average molecular weight is 334 g/mol. The molecule has 8 nitrogen and oxygen atoms in total. The first kappa shape index (κ1) is 19.3. The van der Waals surface area contributed by atoms with Gasteiger partial charge in [-0.1, -0.05) is 30.3 Å². The van der Waals surface area contributed by atoms with Crippen LogP contribution in [0, 0.1) is 0 Å². The standard InChI is InChI=1S/C9H11NO2.C7H11N3O2/c10-8(9(11)12)6-7-4-2-1-3-5-7;1-8-6(7(11)12)2-5-3-9-4-10-5/h1-5,8H,6,10H2,(H,11,12);3-4,6,8H,2H2,1H3,(H,9,10)(H,11,12). The van der Waals surface area contributed by atoms with Gasteiger partial charge in [0, 0.05) is 18.3 Å². The molecule has 0 spiro atoms. The van der Waals surface area contributed by atoms with E-state index in [9.17, 15) is 9.59 Å². The molecule has 0 aliphatic rings. The number of carboxylic acids is 2. The molecule has 1 aromatic carbocycles. The van der Waals surface area contributed by atoms with Gasteiger partial charge in [0.2, 0.25) is 0 Å². The Hall–Kier alpha value is -2.71. The number of nitrogens with one attached hydrogen (secondary N) is 2. The Morgan fingerprint density at radius 3 is 2.33 bits per heavy atom. The van der Waals surface area contributed by atoms with Gasteiger partial charge in [0.1, 0.15) is 12.1 Å². The summed E-state index contributed by atoms with van der Waals surface area (Å²) < 4.78 is 0. The summed E-state index contributed by atoms with van der Waals surface area (Å²) in [5, 5.41) is 19.9. The van der Waals surface area contributed by atoms with E-state index < -0.39 is 24.0 Å². The van der Waals surface area contributed by atoms with Crippen LogP contribution >= 0.6 is 0 Å². The highest BCUT2D eigenvalue weighted by Crippen LogP contribution is 2.01. The molecule has 0 saturated heterocycles. The average Bonchev–Trinajstić information content (AvgIpc) is 3.07. The Labute approximate surface area is 139 Å². The second kappa shape index (κ2) is 10.1. The highest BCUT2D eigenvalue weighted by atomic mass is 16.4. The highest BCUT2D eigenvalue weighted by Gasteiger charge is 2.15. The number of carboxylic acid groups (broad SMARTS) is 2. The van der Waals surface area contributed by atoms with Crippen LogP contribution in [-0.2, 0) is 22.4 Å². The zero-order valence-electron chi connectivity index (χ0n) is 13.3. The topological polar surface area (TPSA) is 141 Å². The Balaban J connectivity index is 0.000000240. The van der Waals surface area contributed by atoms with Gasteiger partial charge in [-0.2, -0.15) is 0 Å². The summed E-state index contributed by atoms with van der Waals surface area (Å²) in [6, 6.07) is 7.99. The number of rotatable bonds is 7. The van der Waals surface area contributed by atoms with Gasteiger partial charge in [-0.15, -0.1) is 0 Å². The SMILES string of the molecule is CNC(Cc1cnc[nH]1)C(=O)O.NC(Cc1ccccc1)C(=O)O. The molecular weight excluding hydrogens is 312 g/mol. The Morgan fingerprint density at radius 1 is 1.21 bits per heavy atom. The Kier molecular flexibility index (Phi) is 8.17. The van der Waals surface area contributed by atoms with Crippen molar-refractivity contribution in [2.45, 2.75) is 24.9 Å². The van der Waals surface area contributed by atoms with Gasteiger partial charge in [0.15, 0.2) is 0 Å². The zero-order chi connectivity index (χ0) is 17.9. The molecule has 0 radical (unpaired) electrons. The van der Waals surface area contributed by atoms with E-state index in [1.165, 1.54) is 6.33 Å². The largest absolute Gasteiger partial charge is 0.480 e. The number of nitrogens with zero attached hydrogens (tertiary/aromatic N) is 1. The van der Waals surface area contributed by atoms with Crippen LogP contribution in [0.4, 0.5) is 0 Å². The number of aliphatic carboxylic acids is 2. The van der Waals surface area contributed by atoms with Crippen molar-refractivity contribution in [2.24, 2.45) is 5.73 Å². The molecule has 2 aromatic rings. The smallest absolute Gasteiger partial charge is 0.321 e. The molecule has 0 fully saturated rings. The van der Waals surface area contributed by atoms with Crippen LogP contribution in [0.1, 0.15) is 11.3 Å². The van der Waals surface area contributed by atoms with E-state index in [2.05, 4.69) is 15.3 Å². The second-order valence-corrected chi connectivity index (χ2v) is 5.09. The molecule has 6 N–H and O–H groups in total. The van der Waals surface area contributed by atoms with Crippen LogP contribution in [0.15, 0.2) is 42.9 Å². The molecule has 0 aliphatic carbocycles. The normalized spacial score (nSPS) is 12.6. The third kappa shape index (κ3) is 7.03. The van der Waals surface area contributed by atoms with Crippen molar-refractivity contribution in [3.63, 3.8) is 0 Å². The molecule has 24 heavy (non-hydrogen) atoms. The summed E-state index contributed by atoms with van der Waals surface area (Å²) in [4.78, 5) is 27.6. The summed E-state index contributed by atoms with van der Waals surface area (Å²) in [5.41, 5.74) is 7.12. The van der Waals surface area contributed by atoms with E-state index in [4.69, 9.17) is 15.9 Å². The molecule has 130 valence electrons. The molecule has 0 bridgehead atoms. The monoisotopic (exact) mass is 334 g/mol. The number of aromatic nitrogens is 2. The number of likely N-dealkylation sites (N-methyl/N-ethyl adjacent to an activating group) is 1. The van der Waals surface area contributed by atoms with E-state index in [1.54, 1.807) is 13.2 Å².